The molecule has 1 fully saturated rings. The van der Waals surface area contributed by atoms with Crippen molar-refractivity contribution in [3.8, 4) is 0 Å². The van der Waals surface area contributed by atoms with Gasteiger partial charge in [-0.3, -0.25) is 0 Å². The molecule has 1 saturated heterocycles. The van der Waals surface area contributed by atoms with Crippen LogP contribution in [-0.2, 0) is 4.43 Å². The quantitative estimate of drug-likeness (QED) is 0.186. The minimum absolute atomic E-state index is 1.03. The molecule has 0 N–H and O–H groups in total. The van der Waals surface area contributed by atoms with Crippen LogP contribution in [0.15, 0.2) is 0 Å². The summed E-state index contributed by atoms with van der Waals surface area (Å²) in [4.78, 5) is 0. The van der Waals surface area contributed by atoms with Crippen molar-refractivity contribution in [2.24, 2.45) is 0 Å². The van der Waals surface area contributed by atoms with E-state index in [1.54, 1.807) is 0 Å². The number of hydrogen-bond acceptors (Lipinski definition) is 1. The SMILES string of the molecule is CCCCCCCCCCCCCCCCCCC.C[Si]1(C)CCCCO1. The standard InChI is InChI=1S/C19H40.C6H14OSi/c1-3-5-7-9-11-13-15-17-19-18-16-14-12-10-8-6-4-2;1-8(2)6-4-3-5-7-8/h3-19H2,1-2H3;3-6H2,1-2H3. The summed E-state index contributed by atoms with van der Waals surface area (Å²) >= 11 is 0. The molecule has 1 heterocycles. The maximum absolute atomic E-state index is 5.60. The lowest BCUT2D eigenvalue weighted by atomic mass is 10.0. The minimum atomic E-state index is -1.09. The van der Waals surface area contributed by atoms with Crippen LogP contribution in [0.3, 0.4) is 0 Å². The van der Waals surface area contributed by atoms with E-state index in [4.69, 9.17) is 4.43 Å². The van der Waals surface area contributed by atoms with Crippen LogP contribution in [0.4, 0.5) is 0 Å². The normalized spacial score (nSPS) is 16.0. The zero-order valence-electron chi connectivity index (χ0n) is 19.8. The molecule has 0 bridgehead atoms. The van der Waals surface area contributed by atoms with Crippen LogP contribution in [0, 0.1) is 0 Å². The fourth-order valence-electron chi connectivity index (χ4n) is 3.87. The van der Waals surface area contributed by atoms with Gasteiger partial charge in [0, 0.05) is 6.61 Å². The van der Waals surface area contributed by atoms with Crippen molar-refractivity contribution in [2.75, 3.05) is 6.61 Å². The summed E-state index contributed by atoms with van der Waals surface area (Å²) in [5.41, 5.74) is 0. The molecule has 0 unspecified atom stereocenters. The van der Waals surface area contributed by atoms with Gasteiger partial charge >= 0.3 is 0 Å². The predicted octanol–water partition coefficient (Wildman–Crippen LogP) is 9.66. The maximum atomic E-state index is 5.60. The Hall–Kier alpha value is 0.177. The Kier molecular flexibility index (Phi) is 21.0. The van der Waals surface area contributed by atoms with Crippen molar-refractivity contribution in [1.29, 1.82) is 0 Å². The molecule has 0 saturated carbocycles. The first-order valence-electron chi connectivity index (χ1n) is 12.8. The van der Waals surface area contributed by atoms with Crippen LogP contribution in [0.25, 0.3) is 0 Å². The smallest absolute Gasteiger partial charge is 0.186 e. The lowest BCUT2D eigenvalue weighted by Gasteiger charge is -2.27. The molecule has 0 radical (unpaired) electrons. The largest absolute Gasteiger partial charge is 0.417 e. The van der Waals surface area contributed by atoms with Gasteiger partial charge in [-0.2, -0.15) is 0 Å². The predicted molar refractivity (Wildman–Crippen MR) is 127 cm³/mol. The van der Waals surface area contributed by atoms with Crippen LogP contribution < -0.4 is 0 Å². The number of hydrogen-bond donors (Lipinski definition) is 0. The summed E-state index contributed by atoms with van der Waals surface area (Å²) < 4.78 is 5.60. The number of unbranched alkanes of at least 4 members (excludes halogenated alkanes) is 16. The Morgan fingerprint density at radius 3 is 1.04 bits per heavy atom. The van der Waals surface area contributed by atoms with E-state index in [0.717, 1.165) is 6.61 Å². The maximum Gasteiger partial charge on any atom is 0.186 e. The van der Waals surface area contributed by atoms with E-state index in [0.29, 0.717) is 0 Å². The van der Waals surface area contributed by atoms with Gasteiger partial charge < -0.3 is 4.43 Å². The summed E-state index contributed by atoms with van der Waals surface area (Å²) in [6.45, 7) is 10.2. The summed E-state index contributed by atoms with van der Waals surface area (Å²) in [5, 5.41) is 0. The molecule has 0 atom stereocenters. The molecule has 0 aromatic rings. The average molecular weight is 399 g/mol. The summed E-state index contributed by atoms with van der Waals surface area (Å²) in [6, 6.07) is 1.37. The Labute approximate surface area is 174 Å². The minimum Gasteiger partial charge on any atom is -0.417 e. The highest BCUT2D eigenvalue weighted by atomic mass is 28.4. The van der Waals surface area contributed by atoms with Crippen molar-refractivity contribution < 1.29 is 4.43 Å². The zero-order chi connectivity index (χ0) is 20.1. The second-order valence-electron chi connectivity index (χ2n) is 9.37. The molecule has 1 rings (SSSR count). The molecule has 0 aromatic carbocycles. The topological polar surface area (TPSA) is 9.23 Å². The van der Waals surface area contributed by atoms with Crippen molar-refractivity contribution in [1.82, 2.24) is 0 Å². The lowest BCUT2D eigenvalue weighted by molar-refractivity contribution is 0.275. The average Bonchev–Trinajstić information content (AvgIpc) is 2.65. The Morgan fingerprint density at radius 1 is 0.519 bits per heavy atom. The van der Waals surface area contributed by atoms with Crippen molar-refractivity contribution >= 4 is 8.32 Å². The molecule has 164 valence electrons. The Morgan fingerprint density at radius 2 is 0.852 bits per heavy atom. The molecule has 0 aromatic heterocycles. The van der Waals surface area contributed by atoms with Gasteiger partial charge in [0.2, 0.25) is 0 Å². The molecular weight excluding hydrogens is 344 g/mol. The Bertz CT molecular complexity index is 253. The molecule has 0 spiro atoms. The van der Waals surface area contributed by atoms with E-state index in [9.17, 15) is 0 Å². The highest BCUT2D eigenvalue weighted by Crippen LogP contribution is 2.20. The van der Waals surface area contributed by atoms with Gasteiger partial charge in [-0.25, -0.2) is 0 Å². The third kappa shape index (κ3) is 22.3. The van der Waals surface area contributed by atoms with Gasteiger partial charge in [-0.15, -0.1) is 0 Å². The highest BCUT2D eigenvalue weighted by Gasteiger charge is 2.24. The third-order valence-corrected chi connectivity index (χ3v) is 8.42. The van der Waals surface area contributed by atoms with Crippen molar-refractivity contribution in [3.05, 3.63) is 0 Å². The van der Waals surface area contributed by atoms with Gasteiger partial charge in [0.05, 0.1) is 0 Å². The van der Waals surface area contributed by atoms with E-state index >= 15 is 0 Å². The molecule has 1 aliphatic rings. The van der Waals surface area contributed by atoms with Crippen LogP contribution in [0.1, 0.15) is 136 Å². The van der Waals surface area contributed by atoms with Crippen molar-refractivity contribution in [3.63, 3.8) is 0 Å². The van der Waals surface area contributed by atoms with Crippen LogP contribution in [0.2, 0.25) is 19.1 Å². The van der Waals surface area contributed by atoms with E-state index in [-0.39, 0.29) is 0 Å². The van der Waals surface area contributed by atoms with E-state index in [2.05, 4.69) is 26.9 Å². The molecule has 1 nitrogen and oxygen atoms in total. The van der Waals surface area contributed by atoms with Gasteiger partial charge in [-0.05, 0) is 25.6 Å². The number of rotatable bonds is 16. The van der Waals surface area contributed by atoms with Crippen LogP contribution >= 0.6 is 0 Å². The van der Waals surface area contributed by atoms with E-state index < -0.39 is 8.32 Å². The highest BCUT2D eigenvalue weighted by molar-refractivity contribution is 6.71. The zero-order valence-corrected chi connectivity index (χ0v) is 20.8. The van der Waals surface area contributed by atoms with E-state index in [1.807, 2.05) is 0 Å². The first-order valence-corrected chi connectivity index (χ1v) is 15.9. The first kappa shape index (κ1) is 27.2. The Balaban J connectivity index is 0.000000694. The van der Waals surface area contributed by atoms with Gasteiger partial charge in [0.1, 0.15) is 0 Å². The van der Waals surface area contributed by atoms with Gasteiger partial charge in [-0.1, -0.05) is 129 Å². The molecule has 1 aliphatic heterocycles. The monoisotopic (exact) mass is 398 g/mol. The molecule has 0 amide bonds. The van der Waals surface area contributed by atoms with Gasteiger partial charge in [0.15, 0.2) is 8.32 Å². The second kappa shape index (κ2) is 20.9. The lowest BCUT2D eigenvalue weighted by Crippen LogP contribution is -2.33. The summed E-state index contributed by atoms with van der Waals surface area (Å²) in [6.07, 6.45) is 27.6. The first-order chi connectivity index (χ1) is 13.1. The molecule has 0 aliphatic carbocycles. The fourth-order valence-corrected chi connectivity index (χ4v) is 5.81. The summed E-state index contributed by atoms with van der Waals surface area (Å²) in [5.74, 6) is 0. The molecule has 27 heavy (non-hydrogen) atoms. The fraction of sp³-hybridized carbons (Fsp3) is 1.00. The molecular formula is C25H54OSi. The van der Waals surface area contributed by atoms with Crippen molar-refractivity contribution in [2.45, 2.75) is 155 Å². The molecule has 2 heteroatoms. The van der Waals surface area contributed by atoms with Crippen LogP contribution in [0.5, 0.6) is 0 Å². The summed E-state index contributed by atoms with van der Waals surface area (Å²) in [7, 11) is -1.09. The van der Waals surface area contributed by atoms with E-state index in [1.165, 1.54) is 128 Å². The third-order valence-electron chi connectivity index (χ3n) is 5.87. The second-order valence-corrected chi connectivity index (χ2v) is 13.7. The van der Waals surface area contributed by atoms with Gasteiger partial charge in [0.25, 0.3) is 0 Å². The van der Waals surface area contributed by atoms with Crippen LogP contribution in [-0.4, -0.2) is 14.9 Å².